The predicted octanol–water partition coefficient (Wildman–Crippen LogP) is 1.19. The first-order valence-corrected chi connectivity index (χ1v) is 3.81. The highest BCUT2D eigenvalue weighted by atomic mass is 35.5. The van der Waals surface area contributed by atoms with Crippen LogP contribution in [0.4, 0.5) is 13.2 Å². The number of halogens is 4. The van der Waals surface area contributed by atoms with E-state index in [4.69, 9.17) is 16.6 Å². The van der Waals surface area contributed by atoms with E-state index in [1.807, 2.05) is 0 Å². The van der Waals surface area contributed by atoms with Gasteiger partial charge in [0.25, 0.3) is 0 Å². The molecule has 0 radical (unpaired) electrons. The molecule has 0 amide bonds. The highest BCUT2D eigenvalue weighted by Crippen LogP contribution is 2.28. The molecule has 7 heteroatoms. The molecule has 0 saturated heterocycles. The largest absolute Gasteiger partial charge is 0.507 e. The third-order valence-corrected chi connectivity index (χ3v) is 1.80. The molecule has 86 valence electrons. The van der Waals surface area contributed by atoms with Crippen LogP contribution >= 0.6 is 12.4 Å². The monoisotopic (exact) mass is 242 g/mol. The molecule has 0 aromatic heterocycles. The van der Waals surface area contributed by atoms with Crippen LogP contribution in [-0.2, 0) is 0 Å². The topological polar surface area (TPSA) is 72.3 Å². The maximum absolute atomic E-state index is 13.1. The number of hydrogen-bond acceptors (Lipinski definition) is 3. The lowest BCUT2D eigenvalue weighted by Crippen LogP contribution is -2.22. The average molecular weight is 243 g/mol. The van der Waals surface area contributed by atoms with E-state index in [-0.39, 0.29) is 19.0 Å². The highest BCUT2D eigenvalue weighted by Gasteiger charge is 2.22. The molecule has 3 nitrogen and oxygen atoms in total. The summed E-state index contributed by atoms with van der Waals surface area (Å²) < 4.78 is 38.3. The van der Waals surface area contributed by atoms with E-state index in [2.05, 4.69) is 0 Å². The second-order valence-corrected chi connectivity index (χ2v) is 2.76. The molecule has 0 saturated carbocycles. The Morgan fingerprint density at radius 3 is 2.27 bits per heavy atom. The number of benzene rings is 1. The third-order valence-electron chi connectivity index (χ3n) is 1.80. The van der Waals surface area contributed by atoms with Crippen molar-refractivity contribution in [3.05, 3.63) is 29.1 Å². The van der Waals surface area contributed by atoms with Gasteiger partial charge in [0.1, 0.15) is 5.75 Å². The molecule has 0 unspecified atom stereocenters. The molecule has 0 heterocycles. The number of phenolic OH excluding ortho intramolecular Hbond substituents is 1. The molecular formula is C8H10ClF3N2O. The average Bonchev–Trinajstić information content (AvgIpc) is 2.14. The second kappa shape index (κ2) is 5.20. The Morgan fingerprint density at radius 2 is 1.80 bits per heavy atom. The SMILES string of the molecule is Cl.NC[C@@H](N)c1c(O)cc(F)c(F)c1F. The van der Waals surface area contributed by atoms with E-state index >= 15 is 0 Å². The van der Waals surface area contributed by atoms with Crippen LogP contribution in [0.5, 0.6) is 5.75 Å². The lowest BCUT2D eigenvalue weighted by Gasteiger charge is -2.12. The van der Waals surface area contributed by atoms with Crippen molar-refractivity contribution in [2.75, 3.05) is 6.54 Å². The van der Waals surface area contributed by atoms with Gasteiger partial charge in [-0.25, -0.2) is 13.2 Å². The van der Waals surface area contributed by atoms with Gasteiger partial charge in [0.05, 0.1) is 5.56 Å². The maximum Gasteiger partial charge on any atom is 0.195 e. The quantitative estimate of drug-likeness (QED) is 0.682. The molecule has 0 aliphatic carbocycles. The fourth-order valence-corrected chi connectivity index (χ4v) is 1.07. The third kappa shape index (κ3) is 2.53. The van der Waals surface area contributed by atoms with Crippen molar-refractivity contribution in [2.45, 2.75) is 6.04 Å². The molecule has 1 aromatic rings. The zero-order valence-corrected chi connectivity index (χ0v) is 8.32. The van der Waals surface area contributed by atoms with Crippen molar-refractivity contribution < 1.29 is 18.3 Å². The fourth-order valence-electron chi connectivity index (χ4n) is 1.07. The Labute approximate surface area is 90.3 Å². The van der Waals surface area contributed by atoms with E-state index in [0.29, 0.717) is 6.07 Å². The van der Waals surface area contributed by atoms with E-state index in [1.54, 1.807) is 0 Å². The van der Waals surface area contributed by atoms with Gasteiger partial charge in [-0.15, -0.1) is 12.4 Å². The van der Waals surface area contributed by atoms with Gasteiger partial charge in [-0.05, 0) is 0 Å². The van der Waals surface area contributed by atoms with Crippen LogP contribution in [0.1, 0.15) is 11.6 Å². The van der Waals surface area contributed by atoms with Crippen molar-refractivity contribution >= 4 is 12.4 Å². The van der Waals surface area contributed by atoms with Crippen LogP contribution < -0.4 is 11.5 Å². The number of rotatable bonds is 2. The van der Waals surface area contributed by atoms with Gasteiger partial charge in [0.15, 0.2) is 17.5 Å². The molecule has 15 heavy (non-hydrogen) atoms. The van der Waals surface area contributed by atoms with Crippen molar-refractivity contribution in [2.24, 2.45) is 11.5 Å². The standard InChI is InChI=1S/C8H9F3N2O.ClH/c9-3-1-5(14)6(4(13)2-12)8(11)7(3)10;/h1,4,14H,2,12-13H2;1H/t4-;/m1./s1. The summed E-state index contributed by atoms with van der Waals surface area (Å²) in [5.74, 6) is -5.37. The van der Waals surface area contributed by atoms with Crippen molar-refractivity contribution in [1.82, 2.24) is 0 Å². The summed E-state index contributed by atoms with van der Waals surface area (Å²) in [4.78, 5) is 0. The minimum Gasteiger partial charge on any atom is -0.507 e. The van der Waals surface area contributed by atoms with Gasteiger partial charge in [-0.1, -0.05) is 0 Å². The Hall–Kier alpha value is -0.980. The summed E-state index contributed by atoms with van der Waals surface area (Å²) >= 11 is 0. The number of aromatic hydroxyl groups is 1. The smallest absolute Gasteiger partial charge is 0.195 e. The molecule has 0 spiro atoms. The van der Waals surface area contributed by atoms with Crippen molar-refractivity contribution in [3.63, 3.8) is 0 Å². The molecule has 5 N–H and O–H groups in total. The first-order valence-electron chi connectivity index (χ1n) is 3.81. The summed E-state index contributed by atoms with van der Waals surface area (Å²) in [6, 6.07) is -0.603. The Kier molecular flexibility index (Phi) is 4.86. The van der Waals surface area contributed by atoms with Gasteiger partial charge in [-0.2, -0.15) is 0 Å². The molecule has 1 atom stereocenters. The predicted molar refractivity (Wildman–Crippen MR) is 51.2 cm³/mol. The van der Waals surface area contributed by atoms with Crippen molar-refractivity contribution in [1.29, 1.82) is 0 Å². The summed E-state index contributed by atoms with van der Waals surface area (Å²) in [5, 5.41) is 9.12. The van der Waals surface area contributed by atoms with E-state index in [0.717, 1.165) is 0 Å². The molecule has 0 bridgehead atoms. The van der Waals surface area contributed by atoms with Crippen LogP contribution in [0.15, 0.2) is 6.07 Å². The lowest BCUT2D eigenvalue weighted by atomic mass is 10.1. The van der Waals surface area contributed by atoms with Crippen LogP contribution in [0.25, 0.3) is 0 Å². The summed E-state index contributed by atoms with van der Waals surface area (Å²) in [6.07, 6.45) is 0. The molecule has 0 fully saturated rings. The normalized spacial score (nSPS) is 12.1. The second-order valence-electron chi connectivity index (χ2n) is 2.76. The Bertz CT molecular complexity index is 362. The van der Waals surface area contributed by atoms with Crippen molar-refractivity contribution in [3.8, 4) is 5.75 Å². The molecular weight excluding hydrogens is 233 g/mol. The summed E-state index contributed by atoms with van der Waals surface area (Å²) in [7, 11) is 0. The van der Waals surface area contributed by atoms with Crippen LogP contribution in [0, 0.1) is 17.5 Å². The maximum atomic E-state index is 13.1. The number of nitrogens with two attached hydrogens (primary N) is 2. The van der Waals surface area contributed by atoms with Crippen LogP contribution in [-0.4, -0.2) is 11.7 Å². The van der Waals surface area contributed by atoms with Gasteiger partial charge < -0.3 is 16.6 Å². The highest BCUT2D eigenvalue weighted by molar-refractivity contribution is 5.85. The van der Waals surface area contributed by atoms with Gasteiger partial charge in [-0.3, -0.25) is 0 Å². The van der Waals surface area contributed by atoms with Gasteiger partial charge >= 0.3 is 0 Å². The molecule has 0 aliphatic heterocycles. The van der Waals surface area contributed by atoms with E-state index in [9.17, 15) is 13.2 Å². The van der Waals surface area contributed by atoms with Gasteiger partial charge in [0, 0.05) is 18.7 Å². The summed E-state index contributed by atoms with van der Waals surface area (Å²) in [6.45, 7) is -0.185. The summed E-state index contributed by atoms with van der Waals surface area (Å²) in [5.41, 5.74) is 9.90. The Morgan fingerprint density at radius 1 is 1.27 bits per heavy atom. The number of hydrogen-bond donors (Lipinski definition) is 3. The molecule has 0 aliphatic rings. The van der Waals surface area contributed by atoms with Gasteiger partial charge in [0.2, 0.25) is 0 Å². The zero-order valence-electron chi connectivity index (χ0n) is 7.51. The minimum absolute atomic E-state index is 0. The minimum atomic E-state index is -1.67. The number of phenols is 1. The molecule has 1 rings (SSSR count). The van der Waals surface area contributed by atoms with Crippen LogP contribution in [0.2, 0.25) is 0 Å². The Balaban J connectivity index is 0.00000196. The molecule has 1 aromatic carbocycles. The first kappa shape index (κ1) is 14.0. The van der Waals surface area contributed by atoms with E-state index < -0.39 is 34.8 Å². The first-order chi connectivity index (χ1) is 6.49. The fraction of sp³-hybridized carbons (Fsp3) is 0.250. The van der Waals surface area contributed by atoms with E-state index in [1.165, 1.54) is 0 Å². The lowest BCUT2D eigenvalue weighted by molar-refractivity contribution is 0.401. The van der Waals surface area contributed by atoms with Crippen LogP contribution in [0.3, 0.4) is 0 Å². The zero-order chi connectivity index (χ0) is 10.9.